The van der Waals surface area contributed by atoms with E-state index in [0.717, 1.165) is 41.3 Å². The molecule has 5 rings (SSSR count). The van der Waals surface area contributed by atoms with E-state index in [4.69, 9.17) is 9.47 Å². The van der Waals surface area contributed by atoms with Gasteiger partial charge in [-0.1, -0.05) is 17.8 Å². The van der Waals surface area contributed by atoms with Crippen molar-refractivity contribution in [3.63, 3.8) is 0 Å². The molecule has 0 atom stereocenters. The molecule has 2 fully saturated rings. The number of nitrogens with zero attached hydrogens (tertiary/aromatic N) is 5. The molecule has 0 bridgehead atoms. The van der Waals surface area contributed by atoms with Crippen LogP contribution in [0, 0.1) is 0 Å². The average molecular weight is 430 g/mol. The van der Waals surface area contributed by atoms with Crippen LogP contribution in [-0.4, -0.2) is 57.8 Å². The third-order valence-electron chi connectivity index (χ3n) is 5.82. The molecule has 30 heavy (non-hydrogen) atoms. The van der Waals surface area contributed by atoms with E-state index in [1.54, 1.807) is 0 Å². The fourth-order valence-corrected chi connectivity index (χ4v) is 4.91. The van der Waals surface area contributed by atoms with Gasteiger partial charge in [-0.25, -0.2) is 0 Å². The SMILES string of the molecule is CCN(Cc1ccc2c(c1)OCO2)C(=O)CSc1nnc(N2CCCC2)n1C1CC1. The van der Waals surface area contributed by atoms with Crippen LogP contribution in [0.4, 0.5) is 5.95 Å². The molecule has 2 aromatic rings. The Morgan fingerprint density at radius 3 is 2.77 bits per heavy atom. The van der Waals surface area contributed by atoms with Gasteiger partial charge in [-0.05, 0) is 50.3 Å². The van der Waals surface area contributed by atoms with Gasteiger partial charge in [0.05, 0.1) is 5.75 Å². The molecule has 3 heterocycles. The topological polar surface area (TPSA) is 72.7 Å². The van der Waals surface area contributed by atoms with Crippen molar-refractivity contribution in [1.29, 1.82) is 0 Å². The van der Waals surface area contributed by atoms with Crippen LogP contribution in [0.15, 0.2) is 23.4 Å². The zero-order chi connectivity index (χ0) is 20.5. The summed E-state index contributed by atoms with van der Waals surface area (Å²) in [6, 6.07) is 6.34. The molecule has 0 unspecified atom stereocenters. The van der Waals surface area contributed by atoms with Crippen LogP contribution in [0.25, 0.3) is 0 Å². The number of ether oxygens (including phenoxy) is 2. The second kappa shape index (κ2) is 8.37. The first kappa shape index (κ1) is 19.5. The minimum Gasteiger partial charge on any atom is -0.454 e. The number of aromatic nitrogens is 3. The predicted molar refractivity (Wildman–Crippen MR) is 114 cm³/mol. The molecule has 1 saturated carbocycles. The summed E-state index contributed by atoms with van der Waals surface area (Å²) in [6.45, 7) is 5.57. The second-order valence-electron chi connectivity index (χ2n) is 7.96. The number of hydrogen-bond donors (Lipinski definition) is 0. The van der Waals surface area contributed by atoms with Crippen LogP contribution in [0.2, 0.25) is 0 Å². The van der Waals surface area contributed by atoms with E-state index in [2.05, 4.69) is 19.7 Å². The molecule has 0 spiro atoms. The monoisotopic (exact) mass is 429 g/mol. The van der Waals surface area contributed by atoms with Crippen molar-refractivity contribution >= 4 is 23.6 Å². The highest BCUT2D eigenvalue weighted by Crippen LogP contribution is 2.41. The number of carbonyl (C=O) groups is 1. The van der Waals surface area contributed by atoms with E-state index >= 15 is 0 Å². The standard InChI is InChI=1S/C21H27N5O3S/c1-2-24(12-15-5-8-17-18(11-15)29-14-28-17)19(27)13-30-21-23-22-20(25-9-3-4-10-25)26(21)16-6-7-16/h5,8,11,16H,2-4,6-7,9-10,12-14H2,1H3. The van der Waals surface area contributed by atoms with Gasteiger partial charge in [0.15, 0.2) is 16.7 Å². The molecule has 1 aromatic carbocycles. The highest BCUT2D eigenvalue weighted by Gasteiger charge is 2.32. The van der Waals surface area contributed by atoms with Crippen molar-refractivity contribution < 1.29 is 14.3 Å². The van der Waals surface area contributed by atoms with Gasteiger partial charge in [-0.15, -0.1) is 10.2 Å². The molecule has 9 heteroatoms. The number of rotatable bonds is 8. The summed E-state index contributed by atoms with van der Waals surface area (Å²) >= 11 is 1.50. The van der Waals surface area contributed by atoms with Crippen LogP contribution >= 0.6 is 11.8 Å². The number of amides is 1. The second-order valence-corrected chi connectivity index (χ2v) is 8.90. The van der Waals surface area contributed by atoms with Crippen molar-refractivity contribution in [3.8, 4) is 11.5 Å². The summed E-state index contributed by atoms with van der Waals surface area (Å²) in [4.78, 5) is 17.1. The number of anilines is 1. The number of benzene rings is 1. The van der Waals surface area contributed by atoms with Gasteiger partial charge in [0.25, 0.3) is 0 Å². The Bertz CT molecular complexity index is 923. The molecular formula is C21H27N5O3S. The fraction of sp³-hybridized carbons (Fsp3) is 0.571. The fourth-order valence-electron chi connectivity index (χ4n) is 4.01. The zero-order valence-electron chi connectivity index (χ0n) is 17.2. The van der Waals surface area contributed by atoms with E-state index < -0.39 is 0 Å². The van der Waals surface area contributed by atoms with E-state index in [1.165, 1.54) is 37.4 Å². The Labute approximate surface area is 180 Å². The van der Waals surface area contributed by atoms with Crippen molar-refractivity contribution in [3.05, 3.63) is 23.8 Å². The van der Waals surface area contributed by atoms with Crippen LogP contribution in [0.5, 0.6) is 11.5 Å². The molecule has 1 amide bonds. The highest BCUT2D eigenvalue weighted by atomic mass is 32.2. The zero-order valence-corrected chi connectivity index (χ0v) is 18.1. The maximum atomic E-state index is 12.9. The Kier molecular flexibility index (Phi) is 5.45. The quantitative estimate of drug-likeness (QED) is 0.597. The smallest absolute Gasteiger partial charge is 0.233 e. The number of fused-ring (bicyclic) bond motifs is 1. The minimum atomic E-state index is 0.105. The Morgan fingerprint density at radius 1 is 1.20 bits per heavy atom. The van der Waals surface area contributed by atoms with Crippen molar-refractivity contribution in [2.24, 2.45) is 0 Å². The molecule has 1 saturated heterocycles. The van der Waals surface area contributed by atoms with Gasteiger partial charge in [-0.2, -0.15) is 0 Å². The van der Waals surface area contributed by atoms with Crippen LogP contribution in [-0.2, 0) is 11.3 Å². The lowest BCUT2D eigenvalue weighted by molar-refractivity contribution is -0.128. The molecule has 2 aliphatic heterocycles. The predicted octanol–water partition coefficient (Wildman–Crippen LogP) is 3.08. The molecule has 1 aromatic heterocycles. The maximum Gasteiger partial charge on any atom is 0.233 e. The highest BCUT2D eigenvalue weighted by molar-refractivity contribution is 7.99. The van der Waals surface area contributed by atoms with Crippen molar-refractivity contribution in [2.45, 2.75) is 50.4 Å². The Morgan fingerprint density at radius 2 is 2.00 bits per heavy atom. The summed E-state index contributed by atoms with van der Waals surface area (Å²) in [5, 5.41) is 9.77. The summed E-state index contributed by atoms with van der Waals surface area (Å²) < 4.78 is 13.1. The number of hydrogen-bond acceptors (Lipinski definition) is 7. The number of thioether (sulfide) groups is 1. The van der Waals surface area contributed by atoms with Crippen LogP contribution in [0.3, 0.4) is 0 Å². The molecule has 0 N–H and O–H groups in total. The molecule has 0 radical (unpaired) electrons. The summed E-state index contributed by atoms with van der Waals surface area (Å²) in [5.74, 6) is 2.96. The first-order chi connectivity index (χ1) is 14.7. The largest absolute Gasteiger partial charge is 0.454 e. The summed E-state index contributed by atoms with van der Waals surface area (Å²) in [5.41, 5.74) is 1.04. The number of carbonyl (C=O) groups excluding carboxylic acids is 1. The van der Waals surface area contributed by atoms with E-state index in [0.29, 0.717) is 24.9 Å². The van der Waals surface area contributed by atoms with Gasteiger partial charge >= 0.3 is 0 Å². The van der Waals surface area contributed by atoms with E-state index in [1.807, 2.05) is 30.0 Å². The van der Waals surface area contributed by atoms with Crippen LogP contribution in [0.1, 0.15) is 44.2 Å². The van der Waals surface area contributed by atoms with Gasteiger partial charge < -0.3 is 19.3 Å². The molecule has 3 aliphatic rings. The summed E-state index contributed by atoms with van der Waals surface area (Å²) in [6.07, 6.45) is 4.77. The Balaban J connectivity index is 1.24. The van der Waals surface area contributed by atoms with Crippen molar-refractivity contribution in [2.75, 3.05) is 37.1 Å². The normalized spacial score (nSPS) is 17.6. The van der Waals surface area contributed by atoms with E-state index in [9.17, 15) is 4.79 Å². The lowest BCUT2D eigenvalue weighted by atomic mass is 10.2. The van der Waals surface area contributed by atoms with Crippen molar-refractivity contribution in [1.82, 2.24) is 19.7 Å². The van der Waals surface area contributed by atoms with Gasteiger partial charge in [0, 0.05) is 32.2 Å². The van der Waals surface area contributed by atoms with Gasteiger partial charge in [0.2, 0.25) is 18.6 Å². The lowest BCUT2D eigenvalue weighted by Gasteiger charge is -2.21. The molecule has 160 valence electrons. The molecular weight excluding hydrogens is 402 g/mol. The molecule has 1 aliphatic carbocycles. The average Bonchev–Trinajstić information content (AvgIpc) is 3.16. The van der Waals surface area contributed by atoms with Gasteiger partial charge in [0.1, 0.15) is 0 Å². The molecule has 8 nitrogen and oxygen atoms in total. The first-order valence-electron chi connectivity index (χ1n) is 10.7. The maximum absolute atomic E-state index is 12.9. The third-order valence-corrected chi connectivity index (χ3v) is 6.74. The van der Waals surface area contributed by atoms with Crippen LogP contribution < -0.4 is 14.4 Å². The third kappa shape index (κ3) is 3.95. The first-order valence-corrected chi connectivity index (χ1v) is 11.7. The van der Waals surface area contributed by atoms with Gasteiger partial charge in [-0.3, -0.25) is 9.36 Å². The Hall–Kier alpha value is -2.42. The summed E-state index contributed by atoms with van der Waals surface area (Å²) in [7, 11) is 0. The minimum absolute atomic E-state index is 0.105. The lowest BCUT2D eigenvalue weighted by Crippen LogP contribution is -2.31. The van der Waals surface area contributed by atoms with E-state index in [-0.39, 0.29) is 12.7 Å².